The van der Waals surface area contributed by atoms with Gasteiger partial charge in [-0.15, -0.1) is 0 Å². The second kappa shape index (κ2) is 9.17. The zero-order valence-corrected chi connectivity index (χ0v) is 18.9. The van der Waals surface area contributed by atoms with Crippen molar-refractivity contribution in [2.75, 3.05) is 25.0 Å². The molecule has 3 aliphatic rings. The Morgan fingerprint density at radius 2 is 2.00 bits per heavy atom. The SMILES string of the molecule is CCOC(=O)CC1CC(C2CCN(Cc3ccc4c(c3)Nc3nccnc3S4)CC2)C1. The molecule has 0 atom stereocenters. The summed E-state index contributed by atoms with van der Waals surface area (Å²) in [5, 5.41) is 4.37. The molecule has 1 saturated heterocycles. The maximum atomic E-state index is 11.7. The van der Waals surface area contributed by atoms with E-state index in [4.69, 9.17) is 4.74 Å². The molecule has 31 heavy (non-hydrogen) atoms. The van der Waals surface area contributed by atoms with Gasteiger partial charge in [0.15, 0.2) is 5.82 Å². The van der Waals surface area contributed by atoms with Crippen LogP contribution in [0.1, 0.15) is 44.6 Å². The number of hydrogen-bond donors (Lipinski definition) is 1. The zero-order valence-electron chi connectivity index (χ0n) is 18.0. The summed E-state index contributed by atoms with van der Waals surface area (Å²) in [6.45, 7) is 5.70. The van der Waals surface area contributed by atoms with Crippen molar-refractivity contribution < 1.29 is 9.53 Å². The smallest absolute Gasteiger partial charge is 0.306 e. The van der Waals surface area contributed by atoms with Crippen LogP contribution in [-0.4, -0.2) is 40.5 Å². The molecule has 0 bridgehead atoms. The molecule has 3 heterocycles. The molecule has 2 aliphatic heterocycles. The van der Waals surface area contributed by atoms with Crippen LogP contribution in [0, 0.1) is 17.8 Å². The number of nitrogens with one attached hydrogen (secondary N) is 1. The van der Waals surface area contributed by atoms with Crippen molar-refractivity contribution in [3.63, 3.8) is 0 Å². The van der Waals surface area contributed by atoms with Gasteiger partial charge >= 0.3 is 5.97 Å². The number of rotatable bonds is 6. The van der Waals surface area contributed by atoms with Crippen molar-refractivity contribution in [2.24, 2.45) is 17.8 Å². The van der Waals surface area contributed by atoms with Crippen LogP contribution < -0.4 is 5.32 Å². The van der Waals surface area contributed by atoms with Gasteiger partial charge in [-0.2, -0.15) is 0 Å². The van der Waals surface area contributed by atoms with E-state index >= 15 is 0 Å². The second-order valence-corrected chi connectivity index (χ2v) is 10.0. The molecule has 0 amide bonds. The normalized spacial score (nSPS) is 23.3. The number of benzene rings is 1. The molecule has 1 N–H and O–H groups in total. The first kappa shape index (κ1) is 20.8. The van der Waals surface area contributed by atoms with Crippen LogP contribution in [0.3, 0.4) is 0 Å². The Balaban J connectivity index is 1.09. The highest BCUT2D eigenvalue weighted by Crippen LogP contribution is 2.45. The summed E-state index contributed by atoms with van der Waals surface area (Å²) in [7, 11) is 0. The van der Waals surface area contributed by atoms with Crippen molar-refractivity contribution in [1.29, 1.82) is 0 Å². The van der Waals surface area contributed by atoms with Gasteiger partial charge in [0.2, 0.25) is 0 Å². The second-order valence-electron chi connectivity index (χ2n) is 8.99. The van der Waals surface area contributed by atoms with Crippen molar-refractivity contribution >= 4 is 29.2 Å². The van der Waals surface area contributed by atoms with Crippen molar-refractivity contribution in [3.05, 3.63) is 36.2 Å². The minimum absolute atomic E-state index is 0.0192. The van der Waals surface area contributed by atoms with Gasteiger partial charge in [-0.3, -0.25) is 9.69 Å². The molecule has 164 valence electrons. The third-order valence-electron chi connectivity index (χ3n) is 6.91. The molecule has 1 aromatic carbocycles. The number of carbonyl (C=O) groups is 1. The first-order chi connectivity index (χ1) is 15.2. The van der Waals surface area contributed by atoms with E-state index in [1.54, 1.807) is 24.2 Å². The predicted molar refractivity (Wildman–Crippen MR) is 121 cm³/mol. The van der Waals surface area contributed by atoms with Crippen molar-refractivity contribution in [1.82, 2.24) is 14.9 Å². The third-order valence-corrected chi connectivity index (χ3v) is 7.97. The number of esters is 1. The van der Waals surface area contributed by atoms with Crippen LogP contribution >= 0.6 is 11.8 Å². The van der Waals surface area contributed by atoms with Gasteiger partial charge in [0.1, 0.15) is 5.03 Å². The number of piperidine rings is 1. The van der Waals surface area contributed by atoms with E-state index in [0.29, 0.717) is 18.9 Å². The van der Waals surface area contributed by atoms with Gasteiger partial charge in [-0.25, -0.2) is 9.97 Å². The monoisotopic (exact) mass is 438 g/mol. The van der Waals surface area contributed by atoms with Crippen LogP contribution in [0.2, 0.25) is 0 Å². The van der Waals surface area contributed by atoms with Crippen LogP contribution in [0.15, 0.2) is 40.5 Å². The number of aromatic nitrogens is 2. The van der Waals surface area contributed by atoms with Crippen molar-refractivity contribution in [3.8, 4) is 0 Å². The summed E-state index contributed by atoms with van der Waals surface area (Å²) in [5.74, 6) is 3.02. The summed E-state index contributed by atoms with van der Waals surface area (Å²) in [6.07, 6.45) is 9.05. The van der Waals surface area contributed by atoms with E-state index in [-0.39, 0.29) is 5.97 Å². The lowest BCUT2D eigenvalue weighted by molar-refractivity contribution is -0.145. The Bertz CT molecular complexity index is 939. The van der Waals surface area contributed by atoms with Gasteiger partial charge in [-0.05, 0) is 81.1 Å². The Morgan fingerprint density at radius 1 is 1.19 bits per heavy atom. The summed E-state index contributed by atoms with van der Waals surface area (Å²) in [4.78, 5) is 24.2. The van der Waals surface area contributed by atoms with Crippen LogP contribution in [0.5, 0.6) is 0 Å². The van der Waals surface area contributed by atoms with Gasteiger partial charge in [-0.1, -0.05) is 17.8 Å². The maximum absolute atomic E-state index is 11.7. The lowest BCUT2D eigenvalue weighted by Gasteiger charge is -2.43. The highest BCUT2D eigenvalue weighted by atomic mass is 32.2. The molecule has 2 aromatic rings. The van der Waals surface area contributed by atoms with E-state index in [1.807, 2.05) is 6.92 Å². The van der Waals surface area contributed by atoms with Gasteiger partial charge < -0.3 is 10.1 Å². The molecule has 0 spiro atoms. The molecule has 7 heteroatoms. The van der Waals surface area contributed by atoms with Gasteiger partial charge in [0, 0.05) is 30.3 Å². The molecular weight excluding hydrogens is 408 g/mol. The quantitative estimate of drug-likeness (QED) is 0.550. The largest absolute Gasteiger partial charge is 0.466 e. The average molecular weight is 439 g/mol. The highest BCUT2D eigenvalue weighted by molar-refractivity contribution is 7.99. The first-order valence-corrected chi connectivity index (χ1v) is 12.3. The number of nitrogens with zero attached hydrogens (tertiary/aromatic N) is 3. The number of anilines is 2. The van der Waals surface area contributed by atoms with E-state index < -0.39 is 0 Å². The lowest BCUT2D eigenvalue weighted by atomic mass is 9.65. The van der Waals surface area contributed by atoms with Crippen LogP contribution in [0.4, 0.5) is 11.5 Å². The lowest BCUT2D eigenvalue weighted by Crippen LogP contribution is -2.40. The molecule has 0 radical (unpaired) electrons. The summed E-state index contributed by atoms with van der Waals surface area (Å²) >= 11 is 1.68. The molecule has 1 aromatic heterocycles. The van der Waals surface area contributed by atoms with Gasteiger partial charge in [0.25, 0.3) is 0 Å². The summed E-state index contributed by atoms with van der Waals surface area (Å²) < 4.78 is 5.09. The molecule has 5 rings (SSSR count). The minimum Gasteiger partial charge on any atom is -0.466 e. The standard InChI is InChI=1S/C24H30N4O2S/c1-2-30-22(29)14-17-11-19(12-17)18-5-9-28(10-6-18)15-16-3-4-21-20(13-16)27-23-24(31-21)26-8-7-25-23/h3-4,7-8,13,17-19H,2,5-6,9-12,14-15H2,1H3,(H,25,27). The van der Waals surface area contributed by atoms with Crippen LogP contribution in [-0.2, 0) is 16.1 Å². The fourth-order valence-electron chi connectivity index (χ4n) is 5.21. The highest BCUT2D eigenvalue weighted by Gasteiger charge is 2.37. The zero-order chi connectivity index (χ0) is 21.2. The van der Waals surface area contributed by atoms with E-state index in [9.17, 15) is 4.79 Å². The Kier molecular flexibility index (Phi) is 6.14. The Morgan fingerprint density at radius 3 is 2.81 bits per heavy atom. The summed E-state index contributed by atoms with van der Waals surface area (Å²) in [6, 6.07) is 6.70. The predicted octanol–water partition coefficient (Wildman–Crippen LogP) is 4.88. The Labute approximate surface area is 188 Å². The molecule has 1 aliphatic carbocycles. The number of fused-ring (bicyclic) bond motifs is 2. The average Bonchev–Trinajstić information content (AvgIpc) is 2.75. The first-order valence-electron chi connectivity index (χ1n) is 11.4. The summed E-state index contributed by atoms with van der Waals surface area (Å²) in [5.41, 5.74) is 2.48. The van der Waals surface area contributed by atoms with E-state index in [1.165, 1.54) is 36.1 Å². The number of hydrogen-bond acceptors (Lipinski definition) is 7. The fraction of sp³-hybridized carbons (Fsp3) is 0.542. The molecule has 0 unspecified atom stereocenters. The maximum Gasteiger partial charge on any atom is 0.306 e. The minimum atomic E-state index is -0.0192. The van der Waals surface area contributed by atoms with Crippen LogP contribution in [0.25, 0.3) is 0 Å². The number of ether oxygens (including phenoxy) is 1. The number of likely N-dealkylation sites (tertiary alicyclic amines) is 1. The molecule has 6 nitrogen and oxygen atoms in total. The van der Waals surface area contributed by atoms with E-state index in [0.717, 1.165) is 48.0 Å². The fourth-order valence-corrected chi connectivity index (χ4v) is 6.09. The van der Waals surface area contributed by atoms with Crippen molar-refractivity contribution in [2.45, 2.75) is 55.5 Å². The molecule has 1 saturated carbocycles. The third kappa shape index (κ3) is 4.72. The number of carbonyl (C=O) groups excluding carboxylic acids is 1. The van der Waals surface area contributed by atoms with Gasteiger partial charge in [0.05, 0.1) is 12.3 Å². The van der Waals surface area contributed by atoms with E-state index in [2.05, 4.69) is 38.4 Å². The molecular formula is C24H30N4O2S. The topological polar surface area (TPSA) is 67.3 Å². The molecule has 2 fully saturated rings. The Hall–Kier alpha value is -2.12.